The van der Waals surface area contributed by atoms with E-state index in [-0.39, 0.29) is 4.75 Å². The average Bonchev–Trinajstić information content (AvgIpc) is 2.92. The van der Waals surface area contributed by atoms with E-state index in [9.17, 15) is 0 Å². The molecule has 1 aromatic heterocycles. The fraction of sp³-hybridized carbons (Fsp3) is 0.786. The van der Waals surface area contributed by atoms with Crippen LogP contribution >= 0.6 is 11.8 Å². The van der Waals surface area contributed by atoms with Crippen molar-refractivity contribution in [3.05, 3.63) is 12.2 Å². The highest BCUT2D eigenvalue weighted by atomic mass is 32.2. The van der Waals surface area contributed by atoms with Crippen molar-refractivity contribution in [1.82, 2.24) is 25.4 Å². The molecule has 0 radical (unpaired) electrons. The quantitative estimate of drug-likeness (QED) is 0.563. The average molecular weight is 312 g/mol. The summed E-state index contributed by atoms with van der Waals surface area (Å²) >= 11 is 1.83. The molecule has 1 rings (SSSR count). The lowest BCUT2D eigenvalue weighted by atomic mass is 10.2. The number of thioether (sulfide) groups is 1. The molecule has 0 amide bonds. The van der Waals surface area contributed by atoms with Crippen LogP contribution < -0.4 is 10.6 Å². The summed E-state index contributed by atoms with van der Waals surface area (Å²) in [6.07, 6.45) is 4.80. The zero-order valence-electron chi connectivity index (χ0n) is 13.8. The highest BCUT2D eigenvalue weighted by Crippen LogP contribution is 2.20. The molecule has 0 spiro atoms. The van der Waals surface area contributed by atoms with Crippen molar-refractivity contribution < 1.29 is 0 Å². The first-order chi connectivity index (χ1) is 10.0. The molecular formula is C14H28N6S. The van der Waals surface area contributed by atoms with E-state index in [1.165, 1.54) is 0 Å². The van der Waals surface area contributed by atoms with Crippen LogP contribution in [0.5, 0.6) is 0 Å². The van der Waals surface area contributed by atoms with Crippen molar-refractivity contribution in [2.75, 3.05) is 25.9 Å². The third-order valence-electron chi connectivity index (χ3n) is 3.17. The lowest BCUT2D eigenvalue weighted by Crippen LogP contribution is -2.40. The second-order valence-electron chi connectivity index (χ2n) is 5.38. The van der Waals surface area contributed by atoms with E-state index in [1.807, 2.05) is 11.8 Å². The van der Waals surface area contributed by atoms with Crippen LogP contribution in [0, 0.1) is 0 Å². The largest absolute Gasteiger partial charge is 0.357 e. The van der Waals surface area contributed by atoms with Gasteiger partial charge < -0.3 is 15.2 Å². The lowest BCUT2D eigenvalue weighted by Gasteiger charge is -2.20. The number of rotatable bonds is 8. The topological polar surface area (TPSA) is 67.1 Å². The minimum absolute atomic E-state index is 0.159. The fourth-order valence-electron chi connectivity index (χ4n) is 1.71. The number of hydrogen-bond acceptors (Lipinski definition) is 4. The van der Waals surface area contributed by atoms with Crippen LogP contribution in [-0.2, 0) is 13.0 Å². The first-order valence-electron chi connectivity index (χ1n) is 7.46. The van der Waals surface area contributed by atoms with Gasteiger partial charge in [0, 0.05) is 30.8 Å². The van der Waals surface area contributed by atoms with E-state index in [0.717, 1.165) is 44.4 Å². The molecule has 0 saturated carbocycles. The highest BCUT2D eigenvalue weighted by molar-refractivity contribution is 7.99. The fourth-order valence-corrected chi connectivity index (χ4v) is 1.90. The molecule has 6 nitrogen and oxygen atoms in total. The summed E-state index contributed by atoms with van der Waals surface area (Å²) in [6, 6.07) is 0. The van der Waals surface area contributed by atoms with Crippen LogP contribution in [0.25, 0.3) is 0 Å². The van der Waals surface area contributed by atoms with Crippen LogP contribution in [0.2, 0.25) is 0 Å². The van der Waals surface area contributed by atoms with Crippen molar-refractivity contribution in [1.29, 1.82) is 0 Å². The molecule has 0 aliphatic carbocycles. The van der Waals surface area contributed by atoms with E-state index in [0.29, 0.717) is 0 Å². The first kappa shape index (κ1) is 17.8. The zero-order chi connectivity index (χ0) is 15.7. The molecule has 2 N–H and O–H groups in total. The van der Waals surface area contributed by atoms with Crippen LogP contribution in [-0.4, -0.2) is 51.4 Å². The van der Waals surface area contributed by atoms with Gasteiger partial charge in [0.25, 0.3) is 0 Å². The molecular weight excluding hydrogens is 284 g/mol. The number of guanidine groups is 1. The Balaban J connectivity index is 2.49. The van der Waals surface area contributed by atoms with Gasteiger partial charge >= 0.3 is 0 Å². The highest BCUT2D eigenvalue weighted by Gasteiger charge is 2.15. The maximum Gasteiger partial charge on any atom is 0.191 e. The van der Waals surface area contributed by atoms with Gasteiger partial charge in [0.05, 0.1) is 6.54 Å². The molecule has 120 valence electrons. The molecule has 0 aliphatic rings. The summed E-state index contributed by atoms with van der Waals surface area (Å²) in [4.78, 5) is 4.65. The van der Waals surface area contributed by atoms with Gasteiger partial charge in [0.1, 0.15) is 12.2 Å². The Labute approximate surface area is 132 Å². The predicted molar refractivity (Wildman–Crippen MR) is 91.0 cm³/mol. The smallest absolute Gasteiger partial charge is 0.191 e. The van der Waals surface area contributed by atoms with Gasteiger partial charge in [-0.3, -0.25) is 4.99 Å². The number of hydrogen-bond donors (Lipinski definition) is 2. The van der Waals surface area contributed by atoms with Gasteiger partial charge in [-0.15, -0.1) is 10.2 Å². The third kappa shape index (κ3) is 6.37. The molecule has 0 unspecified atom stereocenters. The molecule has 0 aromatic carbocycles. The number of aryl methyl sites for hydroxylation is 1. The Morgan fingerprint density at radius 1 is 1.38 bits per heavy atom. The van der Waals surface area contributed by atoms with Crippen LogP contribution in [0.1, 0.15) is 33.5 Å². The van der Waals surface area contributed by atoms with Crippen LogP contribution in [0.4, 0.5) is 0 Å². The molecule has 0 bridgehead atoms. The Morgan fingerprint density at radius 2 is 2.14 bits per heavy atom. The van der Waals surface area contributed by atoms with E-state index in [4.69, 9.17) is 0 Å². The Bertz CT molecular complexity index is 440. The molecule has 7 heteroatoms. The van der Waals surface area contributed by atoms with Gasteiger partial charge in [0.2, 0.25) is 0 Å². The van der Waals surface area contributed by atoms with E-state index in [1.54, 1.807) is 6.33 Å². The molecule has 0 aliphatic heterocycles. The summed E-state index contributed by atoms with van der Waals surface area (Å²) < 4.78 is 2.23. The first-order valence-corrected chi connectivity index (χ1v) is 8.69. The summed E-state index contributed by atoms with van der Waals surface area (Å²) in [6.45, 7) is 11.9. The second-order valence-corrected chi connectivity index (χ2v) is 6.89. The summed E-state index contributed by atoms with van der Waals surface area (Å²) in [5, 5.41) is 14.7. The number of aliphatic imine (C=N–C) groups is 1. The van der Waals surface area contributed by atoms with E-state index < -0.39 is 0 Å². The minimum atomic E-state index is 0.159. The van der Waals surface area contributed by atoms with Crippen molar-refractivity contribution >= 4 is 17.7 Å². The zero-order valence-corrected chi connectivity index (χ0v) is 14.6. The van der Waals surface area contributed by atoms with E-state index in [2.05, 4.69) is 64.3 Å². The normalized spacial score (nSPS) is 12.5. The number of nitrogens with zero attached hydrogens (tertiary/aromatic N) is 4. The standard InChI is InChI=1S/C14H28N6S/c1-6-12-19-18-11-20(12)9-8-16-13(15-7-2)17-10-14(3,4)21-5/h11H,6-10H2,1-5H3,(H2,15,16,17). The lowest BCUT2D eigenvalue weighted by molar-refractivity contribution is 0.630. The van der Waals surface area contributed by atoms with Crippen molar-refractivity contribution in [2.24, 2.45) is 4.99 Å². The summed E-state index contributed by atoms with van der Waals surface area (Å²) in [5.74, 6) is 1.88. The molecule has 0 atom stereocenters. The SMILES string of the molecule is CCNC(=NCC(C)(C)SC)NCCn1cnnc1CC. The Kier molecular flexibility index (Phi) is 7.56. The van der Waals surface area contributed by atoms with Gasteiger partial charge in [-0.1, -0.05) is 6.92 Å². The predicted octanol–water partition coefficient (Wildman–Crippen LogP) is 1.54. The van der Waals surface area contributed by atoms with Gasteiger partial charge in [-0.25, -0.2) is 0 Å². The monoisotopic (exact) mass is 312 g/mol. The van der Waals surface area contributed by atoms with Crippen molar-refractivity contribution in [3.63, 3.8) is 0 Å². The third-order valence-corrected chi connectivity index (χ3v) is 4.41. The van der Waals surface area contributed by atoms with Crippen molar-refractivity contribution in [2.45, 2.75) is 45.4 Å². The molecule has 1 heterocycles. The molecule has 0 saturated heterocycles. The second kappa shape index (κ2) is 8.92. The van der Waals surface area contributed by atoms with Gasteiger partial charge in [-0.2, -0.15) is 11.8 Å². The Morgan fingerprint density at radius 3 is 2.76 bits per heavy atom. The maximum atomic E-state index is 4.65. The summed E-state index contributed by atoms with van der Waals surface area (Å²) in [5.41, 5.74) is 0. The van der Waals surface area contributed by atoms with Gasteiger partial charge in [-0.05, 0) is 27.0 Å². The van der Waals surface area contributed by atoms with Crippen molar-refractivity contribution in [3.8, 4) is 0 Å². The van der Waals surface area contributed by atoms with Crippen LogP contribution in [0.15, 0.2) is 11.3 Å². The molecule has 0 fully saturated rings. The van der Waals surface area contributed by atoms with Crippen LogP contribution in [0.3, 0.4) is 0 Å². The minimum Gasteiger partial charge on any atom is -0.357 e. The van der Waals surface area contributed by atoms with Gasteiger partial charge in [0.15, 0.2) is 5.96 Å². The summed E-state index contributed by atoms with van der Waals surface area (Å²) in [7, 11) is 0. The molecule has 1 aromatic rings. The Hall–Kier alpha value is -1.24. The maximum absolute atomic E-state index is 4.65. The molecule has 21 heavy (non-hydrogen) atoms. The number of aromatic nitrogens is 3. The van der Waals surface area contributed by atoms with E-state index >= 15 is 0 Å². The number of nitrogens with one attached hydrogen (secondary N) is 2.